The molecule has 1 aromatic rings. The van der Waals surface area contributed by atoms with E-state index in [9.17, 15) is 9.59 Å². The van der Waals surface area contributed by atoms with E-state index in [1.54, 1.807) is 11.8 Å². The third kappa shape index (κ3) is 6.33. The van der Waals surface area contributed by atoms with Crippen molar-refractivity contribution in [2.45, 2.75) is 46.1 Å². The Morgan fingerprint density at radius 1 is 1.31 bits per heavy atom. The molecule has 0 bridgehead atoms. The van der Waals surface area contributed by atoms with Gasteiger partial charge in [0.15, 0.2) is 6.61 Å². The van der Waals surface area contributed by atoms with Gasteiger partial charge in [0.05, 0.1) is 19.1 Å². The van der Waals surface area contributed by atoms with Crippen LogP contribution in [0.5, 0.6) is 5.75 Å². The Balaban J connectivity index is 1.94. The Morgan fingerprint density at radius 2 is 2.12 bits per heavy atom. The summed E-state index contributed by atoms with van der Waals surface area (Å²) in [6.45, 7) is 7.51. The van der Waals surface area contributed by atoms with Gasteiger partial charge in [0.1, 0.15) is 5.75 Å². The third-order valence-electron chi connectivity index (χ3n) is 4.39. The molecule has 1 amide bonds. The molecule has 1 aliphatic rings. The molecule has 0 aromatic heterocycles. The summed E-state index contributed by atoms with van der Waals surface area (Å²) < 4.78 is 16.3. The highest BCUT2D eigenvalue weighted by molar-refractivity contribution is 5.78. The van der Waals surface area contributed by atoms with E-state index < -0.39 is 0 Å². The Labute approximate surface area is 155 Å². The highest BCUT2D eigenvalue weighted by Gasteiger charge is 2.23. The molecular weight excluding hydrogens is 334 g/mol. The van der Waals surface area contributed by atoms with Crippen molar-refractivity contribution in [3.8, 4) is 5.75 Å². The average molecular weight is 363 g/mol. The van der Waals surface area contributed by atoms with Crippen LogP contribution in [-0.4, -0.2) is 55.8 Å². The van der Waals surface area contributed by atoms with Crippen molar-refractivity contribution in [1.82, 2.24) is 4.90 Å². The lowest BCUT2D eigenvalue weighted by atomic mass is 10.1. The number of amides is 1. The molecule has 6 nitrogen and oxygen atoms in total. The topological polar surface area (TPSA) is 65.1 Å². The normalized spacial score (nSPS) is 16.3. The maximum absolute atomic E-state index is 12.7. The number of aryl methyl sites for hydroxylation is 2. The fraction of sp³-hybridized carbons (Fsp3) is 0.600. The minimum absolute atomic E-state index is 0.0295. The van der Waals surface area contributed by atoms with Gasteiger partial charge in [0.2, 0.25) is 0 Å². The largest absolute Gasteiger partial charge is 0.483 e. The van der Waals surface area contributed by atoms with Crippen LogP contribution in [0, 0.1) is 13.8 Å². The second-order valence-corrected chi connectivity index (χ2v) is 6.59. The van der Waals surface area contributed by atoms with E-state index in [0.717, 1.165) is 30.6 Å². The van der Waals surface area contributed by atoms with Crippen LogP contribution in [0.3, 0.4) is 0 Å². The molecule has 144 valence electrons. The van der Waals surface area contributed by atoms with Crippen molar-refractivity contribution in [2.24, 2.45) is 0 Å². The molecule has 1 saturated heterocycles. The van der Waals surface area contributed by atoms with Crippen molar-refractivity contribution in [1.29, 1.82) is 0 Å². The molecule has 0 aliphatic carbocycles. The molecule has 0 N–H and O–H groups in total. The van der Waals surface area contributed by atoms with Crippen LogP contribution in [0.1, 0.15) is 37.3 Å². The summed E-state index contributed by atoms with van der Waals surface area (Å²) in [6.07, 6.45) is 2.14. The second kappa shape index (κ2) is 10.2. The fourth-order valence-electron chi connectivity index (χ4n) is 2.90. The monoisotopic (exact) mass is 363 g/mol. The first kappa shape index (κ1) is 20.2. The number of carbonyl (C=O) groups is 2. The van der Waals surface area contributed by atoms with E-state index in [-0.39, 0.29) is 31.0 Å². The first-order valence-electron chi connectivity index (χ1n) is 9.24. The van der Waals surface area contributed by atoms with Crippen LogP contribution < -0.4 is 4.74 Å². The van der Waals surface area contributed by atoms with Crippen molar-refractivity contribution in [2.75, 3.05) is 32.9 Å². The van der Waals surface area contributed by atoms with Crippen LogP contribution in [0.25, 0.3) is 0 Å². The molecule has 6 heteroatoms. The smallest absolute Gasteiger partial charge is 0.307 e. The number of hydrogen-bond donors (Lipinski definition) is 0. The van der Waals surface area contributed by atoms with Gasteiger partial charge in [-0.1, -0.05) is 12.1 Å². The molecule has 26 heavy (non-hydrogen) atoms. The zero-order chi connectivity index (χ0) is 18.9. The van der Waals surface area contributed by atoms with Gasteiger partial charge in [-0.2, -0.15) is 0 Å². The van der Waals surface area contributed by atoms with Gasteiger partial charge in [0.25, 0.3) is 5.91 Å². The number of benzene rings is 1. The first-order valence-corrected chi connectivity index (χ1v) is 9.24. The van der Waals surface area contributed by atoms with Crippen molar-refractivity contribution in [3.63, 3.8) is 0 Å². The minimum Gasteiger partial charge on any atom is -0.483 e. The Morgan fingerprint density at radius 3 is 2.81 bits per heavy atom. The predicted molar refractivity (Wildman–Crippen MR) is 98.2 cm³/mol. The molecule has 0 radical (unpaired) electrons. The van der Waals surface area contributed by atoms with Crippen molar-refractivity contribution >= 4 is 11.9 Å². The standard InChI is InChI=1S/C20H29NO5/c1-4-24-20(23)9-10-21(13-17-6-5-11-25-17)19(22)14-26-18-12-15(2)7-8-16(18)3/h7-8,12,17H,4-6,9-11,13-14H2,1-3H3. The molecule has 1 fully saturated rings. The molecule has 1 heterocycles. The highest BCUT2D eigenvalue weighted by atomic mass is 16.5. The van der Waals surface area contributed by atoms with Crippen molar-refractivity contribution in [3.05, 3.63) is 29.3 Å². The van der Waals surface area contributed by atoms with E-state index in [4.69, 9.17) is 14.2 Å². The van der Waals surface area contributed by atoms with E-state index in [1.165, 1.54) is 0 Å². The summed E-state index contributed by atoms with van der Waals surface area (Å²) in [4.78, 5) is 26.0. The molecule has 1 unspecified atom stereocenters. The van der Waals surface area contributed by atoms with E-state index in [1.807, 2.05) is 32.0 Å². The molecule has 2 rings (SSSR count). The van der Waals surface area contributed by atoms with Crippen LogP contribution in [0.2, 0.25) is 0 Å². The summed E-state index contributed by atoms with van der Waals surface area (Å²) in [5.74, 6) is 0.264. The quantitative estimate of drug-likeness (QED) is 0.631. The second-order valence-electron chi connectivity index (χ2n) is 6.59. The fourth-order valence-corrected chi connectivity index (χ4v) is 2.90. The minimum atomic E-state index is -0.298. The number of ether oxygens (including phenoxy) is 3. The van der Waals surface area contributed by atoms with E-state index in [0.29, 0.717) is 25.4 Å². The lowest BCUT2D eigenvalue weighted by Crippen LogP contribution is -2.41. The zero-order valence-corrected chi connectivity index (χ0v) is 16.0. The summed E-state index contributed by atoms with van der Waals surface area (Å²) in [5, 5.41) is 0. The Bertz CT molecular complexity index is 610. The molecule has 0 saturated carbocycles. The molecule has 1 atom stereocenters. The van der Waals surface area contributed by atoms with Gasteiger partial charge in [-0.15, -0.1) is 0 Å². The first-order chi connectivity index (χ1) is 12.5. The SMILES string of the molecule is CCOC(=O)CCN(CC1CCCO1)C(=O)COc1cc(C)ccc1C. The number of nitrogens with zero attached hydrogens (tertiary/aromatic N) is 1. The van der Waals surface area contributed by atoms with E-state index >= 15 is 0 Å². The molecule has 1 aromatic carbocycles. The summed E-state index contributed by atoms with van der Waals surface area (Å²) in [7, 11) is 0. The lowest BCUT2D eigenvalue weighted by Gasteiger charge is -2.25. The van der Waals surface area contributed by atoms with Crippen molar-refractivity contribution < 1.29 is 23.8 Å². The van der Waals surface area contributed by atoms with Crippen LogP contribution in [0.4, 0.5) is 0 Å². The van der Waals surface area contributed by atoms with Crippen LogP contribution >= 0.6 is 0 Å². The zero-order valence-electron chi connectivity index (χ0n) is 16.0. The van der Waals surface area contributed by atoms with Gasteiger partial charge in [0, 0.05) is 19.7 Å². The highest BCUT2D eigenvalue weighted by Crippen LogP contribution is 2.19. The third-order valence-corrected chi connectivity index (χ3v) is 4.39. The molecule has 0 spiro atoms. The van der Waals surface area contributed by atoms with Gasteiger partial charge in [-0.25, -0.2) is 0 Å². The van der Waals surface area contributed by atoms with Gasteiger partial charge in [-0.05, 0) is 50.8 Å². The van der Waals surface area contributed by atoms with Gasteiger partial charge >= 0.3 is 5.97 Å². The van der Waals surface area contributed by atoms with Gasteiger partial charge in [-0.3, -0.25) is 9.59 Å². The number of esters is 1. The maximum Gasteiger partial charge on any atom is 0.307 e. The Kier molecular flexibility index (Phi) is 7.91. The number of rotatable bonds is 9. The van der Waals surface area contributed by atoms with Gasteiger partial charge < -0.3 is 19.1 Å². The molecule has 1 aliphatic heterocycles. The molecular formula is C20H29NO5. The maximum atomic E-state index is 12.7. The summed E-state index contributed by atoms with van der Waals surface area (Å²) in [5.41, 5.74) is 2.07. The summed E-state index contributed by atoms with van der Waals surface area (Å²) >= 11 is 0. The van der Waals surface area contributed by atoms with Crippen LogP contribution in [0.15, 0.2) is 18.2 Å². The number of hydrogen-bond acceptors (Lipinski definition) is 5. The summed E-state index contributed by atoms with van der Waals surface area (Å²) in [6, 6.07) is 5.90. The van der Waals surface area contributed by atoms with Crippen LogP contribution in [-0.2, 0) is 19.1 Å². The average Bonchev–Trinajstić information content (AvgIpc) is 3.12. The number of carbonyl (C=O) groups excluding carboxylic acids is 2. The lowest BCUT2D eigenvalue weighted by molar-refractivity contribution is -0.144. The van der Waals surface area contributed by atoms with E-state index in [2.05, 4.69) is 0 Å². The predicted octanol–water partition coefficient (Wildman–Crippen LogP) is 2.64. The Hall–Kier alpha value is -2.08.